The van der Waals surface area contributed by atoms with Crippen molar-refractivity contribution in [2.75, 3.05) is 7.11 Å². The maximum atomic E-state index is 12.2. The van der Waals surface area contributed by atoms with Gasteiger partial charge in [-0.05, 0) is 76.6 Å². The van der Waals surface area contributed by atoms with Crippen LogP contribution in [0.5, 0.6) is 0 Å². The van der Waals surface area contributed by atoms with Gasteiger partial charge in [0.25, 0.3) is 0 Å². The van der Waals surface area contributed by atoms with Crippen molar-refractivity contribution in [2.24, 2.45) is 0 Å². The topological polar surface area (TPSA) is 94.9 Å². The quantitative estimate of drug-likeness (QED) is 0.0841. The van der Waals surface area contributed by atoms with Gasteiger partial charge in [0.05, 0.1) is 12.7 Å². The van der Waals surface area contributed by atoms with E-state index < -0.39 is 0 Å². The van der Waals surface area contributed by atoms with Crippen LogP contribution < -0.4 is 18.9 Å². The first-order valence-electron chi connectivity index (χ1n) is 13.6. The average molecular weight is 644 g/mol. The van der Waals surface area contributed by atoms with Gasteiger partial charge in [-0.1, -0.05) is 61.9 Å². The van der Waals surface area contributed by atoms with Gasteiger partial charge in [-0.2, -0.15) is 6.42 Å². The third-order valence-electron chi connectivity index (χ3n) is 5.71. The molecule has 0 spiro atoms. The van der Waals surface area contributed by atoms with Crippen LogP contribution in [0.3, 0.4) is 0 Å². The van der Waals surface area contributed by atoms with E-state index in [1.165, 1.54) is 13.5 Å². The van der Waals surface area contributed by atoms with Gasteiger partial charge in [0.15, 0.2) is 11.3 Å². The van der Waals surface area contributed by atoms with Crippen LogP contribution in [0, 0.1) is 6.92 Å². The van der Waals surface area contributed by atoms with Crippen LogP contribution in [0.15, 0.2) is 126 Å². The van der Waals surface area contributed by atoms with E-state index in [2.05, 4.69) is 54.5 Å². The summed E-state index contributed by atoms with van der Waals surface area (Å²) >= 11 is 3.28. The molecule has 6 aromatic rings. The number of carbonyl (C=O) groups excluding carboxylic acids is 2. The Bertz CT molecular complexity index is 1740. The molecular formula is C35H32BrLiN4O3. The zero-order chi connectivity index (χ0) is 30.9. The number of fused-ring (bicyclic) bond motifs is 2. The van der Waals surface area contributed by atoms with Crippen molar-refractivity contribution in [3.8, 4) is 0 Å². The number of pyridine rings is 4. The Kier molecular flexibility index (Phi) is 16.2. The molecule has 4 heterocycles. The number of carbonyl (C=O) groups is 2. The number of ether oxygens (including phenoxy) is 1. The Morgan fingerprint density at radius 3 is 1.73 bits per heavy atom. The number of hydrogen-bond donors (Lipinski definition) is 0. The standard InChI is InChI=1S/C15H10N2O.C8H5BrN2.C8H8O2.C4H9.Li/c18-14(11-5-2-1-3-6-11)13-9-8-12-7-4-10-16-15(12)17-13;9-7-4-3-6-2-1-5-10-8(6)11-7;1-10-8(9)7-5-3-2-4-6-7;1-3-4-2;/h1-10H;1-5H;2-6H,1H3;1,3-4H2,2H3;/q;;;-1;+1. The number of nitrogens with zero attached hydrogens (tertiary/aromatic N) is 4. The molecule has 218 valence electrons. The van der Waals surface area contributed by atoms with Gasteiger partial charge in [-0.25, -0.2) is 24.7 Å². The van der Waals surface area contributed by atoms with E-state index in [1.54, 1.807) is 54.9 Å². The van der Waals surface area contributed by atoms with E-state index in [1.807, 2.05) is 66.7 Å². The minimum atomic E-state index is -0.291. The number of unbranched alkanes of at least 4 members (excludes halogenated alkanes) is 1. The third kappa shape index (κ3) is 11.5. The monoisotopic (exact) mass is 642 g/mol. The molecule has 7 nitrogen and oxygen atoms in total. The fourth-order valence-corrected chi connectivity index (χ4v) is 3.74. The number of ketones is 1. The molecule has 0 bridgehead atoms. The Morgan fingerprint density at radius 2 is 1.20 bits per heavy atom. The predicted molar refractivity (Wildman–Crippen MR) is 175 cm³/mol. The first-order chi connectivity index (χ1) is 21.0. The van der Waals surface area contributed by atoms with Crippen LogP contribution in [-0.2, 0) is 4.74 Å². The molecule has 0 fully saturated rings. The number of methoxy groups -OCH3 is 1. The van der Waals surface area contributed by atoms with Gasteiger partial charge >= 0.3 is 24.8 Å². The summed E-state index contributed by atoms with van der Waals surface area (Å²) in [5.74, 6) is -0.372. The zero-order valence-electron chi connectivity index (χ0n) is 25.1. The second-order valence-electron chi connectivity index (χ2n) is 8.84. The third-order valence-corrected chi connectivity index (χ3v) is 6.15. The summed E-state index contributed by atoms with van der Waals surface area (Å²) in [5.41, 5.74) is 3.03. The molecule has 0 aliphatic heterocycles. The van der Waals surface area contributed by atoms with Crippen LogP contribution >= 0.6 is 15.9 Å². The first kappa shape index (κ1) is 36.0. The SMILES string of the molecule is Brc1ccc2cccnc2n1.COC(=O)c1ccccc1.O=C(c1ccccc1)c1ccc2cccnc2n1.[CH2-]CCC.[Li+]. The maximum Gasteiger partial charge on any atom is 1.00 e. The van der Waals surface area contributed by atoms with E-state index in [4.69, 9.17) is 0 Å². The van der Waals surface area contributed by atoms with E-state index in [-0.39, 0.29) is 30.6 Å². The number of rotatable bonds is 4. The molecule has 0 amide bonds. The minimum Gasteiger partial charge on any atom is -0.465 e. The molecule has 0 atom stereocenters. The summed E-state index contributed by atoms with van der Waals surface area (Å²) in [6.45, 7) is 5.72. The number of hydrogen-bond acceptors (Lipinski definition) is 7. The molecule has 44 heavy (non-hydrogen) atoms. The van der Waals surface area contributed by atoms with Crippen LogP contribution in [-0.4, -0.2) is 38.8 Å². The van der Waals surface area contributed by atoms with Gasteiger partial charge in [0.1, 0.15) is 10.3 Å². The maximum absolute atomic E-state index is 12.2. The molecule has 9 heteroatoms. The summed E-state index contributed by atoms with van der Waals surface area (Å²) in [6.07, 6.45) is 5.69. The Hall–Kier alpha value is -4.22. The van der Waals surface area contributed by atoms with Crippen LogP contribution in [0.25, 0.3) is 22.1 Å². The Balaban J connectivity index is 0.000000225. The van der Waals surface area contributed by atoms with Gasteiger partial charge in [0, 0.05) is 28.7 Å². The number of aromatic nitrogens is 4. The van der Waals surface area contributed by atoms with Crippen molar-refractivity contribution >= 4 is 49.7 Å². The molecule has 0 saturated carbocycles. The molecule has 0 unspecified atom stereocenters. The van der Waals surface area contributed by atoms with Crippen molar-refractivity contribution in [1.29, 1.82) is 0 Å². The molecule has 6 rings (SSSR count). The molecule has 0 N–H and O–H groups in total. The van der Waals surface area contributed by atoms with Gasteiger partial charge in [0.2, 0.25) is 5.78 Å². The number of halogens is 1. The molecule has 2 aromatic carbocycles. The summed E-state index contributed by atoms with van der Waals surface area (Å²) in [7, 11) is 1.37. The second-order valence-corrected chi connectivity index (χ2v) is 9.65. The fraction of sp³-hybridized carbons (Fsp3) is 0.114. The van der Waals surface area contributed by atoms with Crippen molar-refractivity contribution in [3.63, 3.8) is 0 Å². The normalized spacial score (nSPS) is 9.55. The predicted octanol–water partition coefficient (Wildman–Crippen LogP) is 5.35. The molecule has 0 aliphatic rings. The van der Waals surface area contributed by atoms with Gasteiger partial charge < -0.3 is 11.7 Å². The first-order valence-corrected chi connectivity index (χ1v) is 14.4. The number of benzene rings is 2. The van der Waals surface area contributed by atoms with E-state index >= 15 is 0 Å². The van der Waals surface area contributed by atoms with Crippen molar-refractivity contribution in [3.05, 3.63) is 150 Å². The zero-order valence-corrected chi connectivity index (χ0v) is 26.6. The van der Waals surface area contributed by atoms with Crippen LogP contribution in [0.4, 0.5) is 0 Å². The van der Waals surface area contributed by atoms with Gasteiger partial charge in [-0.15, -0.1) is 0 Å². The molecular weight excluding hydrogens is 611 g/mol. The average Bonchev–Trinajstić information content (AvgIpc) is 3.08. The van der Waals surface area contributed by atoms with Crippen molar-refractivity contribution < 1.29 is 33.2 Å². The smallest absolute Gasteiger partial charge is 0.465 e. The van der Waals surface area contributed by atoms with E-state index in [9.17, 15) is 9.59 Å². The summed E-state index contributed by atoms with van der Waals surface area (Å²) in [4.78, 5) is 39.7. The van der Waals surface area contributed by atoms with E-state index in [0.29, 0.717) is 22.5 Å². The Morgan fingerprint density at radius 1 is 0.705 bits per heavy atom. The number of esters is 1. The molecule has 0 saturated heterocycles. The summed E-state index contributed by atoms with van der Waals surface area (Å²) in [6, 6.07) is 33.2. The van der Waals surface area contributed by atoms with Crippen molar-refractivity contribution in [2.45, 2.75) is 19.8 Å². The summed E-state index contributed by atoms with van der Waals surface area (Å²) < 4.78 is 5.32. The molecule has 0 aliphatic carbocycles. The fourth-order valence-electron chi connectivity index (χ4n) is 3.44. The minimum absolute atomic E-state index is 0. The summed E-state index contributed by atoms with van der Waals surface area (Å²) in [5, 5.41) is 2.00. The van der Waals surface area contributed by atoms with Gasteiger partial charge in [-0.3, -0.25) is 4.79 Å². The molecule has 4 aromatic heterocycles. The Labute approximate surface area is 278 Å². The molecule has 0 radical (unpaired) electrons. The largest absolute Gasteiger partial charge is 1.00 e. The van der Waals surface area contributed by atoms with Crippen LogP contribution in [0.2, 0.25) is 0 Å². The second kappa shape index (κ2) is 19.9. The van der Waals surface area contributed by atoms with Crippen LogP contribution in [0.1, 0.15) is 46.2 Å². The van der Waals surface area contributed by atoms with E-state index in [0.717, 1.165) is 27.4 Å². The van der Waals surface area contributed by atoms with Crippen molar-refractivity contribution in [1.82, 2.24) is 19.9 Å².